The van der Waals surface area contributed by atoms with Crippen molar-refractivity contribution >= 4 is 40.1 Å². The van der Waals surface area contributed by atoms with Crippen LogP contribution < -0.4 is 0 Å². The molecule has 0 N–H and O–H groups in total. The summed E-state index contributed by atoms with van der Waals surface area (Å²) in [5.74, 6) is 0.233. The van der Waals surface area contributed by atoms with E-state index in [-0.39, 0.29) is 11.2 Å². The number of benzene rings is 1. The van der Waals surface area contributed by atoms with Crippen LogP contribution in [-0.4, -0.2) is 15.8 Å². The van der Waals surface area contributed by atoms with Crippen molar-refractivity contribution < 1.29 is 4.79 Å². The van der Waals surface area contributed by atoms with Gasteiger partial charge >= 0.3 is 0 Å². The number of aromatic nitrogens is 2. The number of ketones is 1. The lowest BCUT2D eigenvalue weighted by Gasteiger charge is -2.15. The van der Waals surface area contributed by atoms with Crippen LogP contribution in [0.2, 0.25) is 5.02 Å². The normalized spacial score (nSPS) is 13.7. The van der Waals surface area contributed by atoms with Crippen molar-refractivity contribution in [2.24, 2.45) is 5.41 Å². The van der Waals surface area contributed by atoms with Crippen LogP contribution in [0.1, 0.15) is 58.1 Å². The van der Waals surface area contributed by atoms with E-state index in [1.165, 1.54) is 20.9 Å². The van der Waals surface area contributed by atoms with E-state index >= 15 is 0 Å². The molecule has 4 rings (SSSR count). The SMILES string of the molecule is Cc1ccc(Cl)cc1Cc1nc2c(s1)CCCc1sc(CC(=O)C(C)(C)C)nc1-2. The fourth-order valence-corrected chi connectivity index (χ4v) is 5.91. The summed E-state index contributed by atoms with van der Waals surface area (Å²) >= 11 is 9.68. The molecule has 0 radical (unpaired) electrons. The first-order chi connectivity index (χ1) is 13.7. The number of halogens is 1. The van der Waals surface area contributed by atoms with Gasteiger partial charge in [-0.25, -0.2) is 9.97 Å². The third kappa shape index (κ3) is 4.47. The van der Waals surface area contributed by atoms with Crippen molar-refractivity contribution in [1.29, 1.82) is 0 Å². The maximum absolute atomic E-state index is 12.5. The number of Topliss-reactive ketones (excluding diaryl/α,β-unsaturated/α-hetero) is 1. The van der Waals surface area contributed by atoms with Gasteiger partial charge in [0.15, 0.2) is 0 Å². The van der Waals surface area contributed by atoms with E-state index < -0.39 is 0 Å². The molecule has 152 valence electrons. The predicted molar refractivity (Wildman–Crippen MR) is 122 cm³/mol. The molecule has 0 spiro atoms. The molecule has 0 aliphatic heterocycles. The van der Waals surface area contributed by atoms with E-state index in [0.29, 0.717) is 6.42 Å². The van der Waals surface area contributed by atoms with E-state index in [4.69, 9.17) is 21.6 Å². The minimum atomic E-state index is -0.336. The van der Waals surface area contributed by atoms with Crippen LogP contribution in [-0.2, 0) is 30.5 Å². The fourth-order valence-electron chi connectivity index (χ4n) is 3.47. The van der Waals surface area contributed by atoms with Gasteiger partial charge in [0, 0.05) is 26.6 Å². The van der Waals surface area contributed by atoms with Gasteiger partial charge in [-0.3, -0.25) is 4.79 Å². The Bertz CT molecular complexity index is 1080. The molecule has 3 nitrogen and oxygen atoms in total. The van der Waals surface area contributed by atoms with Crippen LogP contribution >= 0.6 is 34.3 Å². The second kappa shape index (κ2) is 7.93. The van der Waals surface area contributed by atoms with Gasteiger partial charge in [-0.2, -0.15) is 0 Å². The number of hydrogen-bond acceptors (Lipinski definition) is 5. The summed E-state index contributed by atoms with van der Waals surface area (Å²) in [7, 11) is 0. The molecular formula is C23H25ClN2OS2. The maximum atomic E-state index is 12.5. The van der Waals surface area contributed by atoms with Gasteiger partial charge in [0.05, 0.1) is 11.4 Å². The Hall–Kier alpha value is -1.56. The minimum Gasteiger partial charge on any atom is -0.299 e. The zero-order chi connectivity index (χ0) is 20.8. The Kier molecular flexibility index (Phi) is 5.66. The lowest BCUT2D eigenvalue weighted by atomic mass is 9.89. The number of carbonyl (C=O) groups is 1. The number of nitrogens with zero attached hydrogens (tertiary/aromatic N) is 2. The maximum Gasteiger partial charge on any atom is 0.144 e. The molecule has 6 heteroatoms. The van der Waals surface area contributed by atoms with Crippen molar-refractivity contribution in [2.75, 3.05) is 0 Å². The minimum absolute atomic E-state index is 0.233. The number of fused-ring (bicyclic) bond motifs is 3. The Labute approximate surface area is 185 Å². The first-order valence-corrected chi connectivity index (χ1v) is 12.0. The molecule has 1 aromatic carbocycles. The summed E-state index contributed by atoms with van der Waals surface area (Å²) in [6.45, 7) is 8.02. The van der Waals surface area contributed by atoms with Crippen molar-refractivity contribution in [3.8, 4) is 11.4 Å². The molecule has 0 fully saturated rings. The van der Waals surface area contributed by atoms with Crippen molar-refractivity contribution in [3.05, 3.63) is 54.1 Å². The van der Waals surface area contributed by atoms with Crippen LogP contribution in [0.4, 0.5) is 0 Å². The van der Waals surface area contributed by atoms with Gasteiger partial charge in [-0.15, -0.1) is 22.7 Å². The molecule has 1 aliphatic carbocycles. The lowest BCUT2D eigenvalue weighted by molar-refractivity contribution is -0.125. The molecule has 0 amide bonds. The number of carbonyl (C=O) groups excluding carboxylic acids is 1. The largest absolute Gasteiger partial charge is 0.299 e. The standard InChI is InChI=1S/C23H25ClN2OS2/c1-13-8-9-15(24)10-14(13)11-19-25-21-16(28-19)6-5-7-17-22(21)26-20(29-17)12-18(27)23(2,3)4/h8-10H,5-7,11-12H2,1-4H3. The molecular weight excluding hydrogens is 420 g/mol. The topological polar surface area (TPSA) is 42.9 Å². The summed E-state index contributed by atoms with van der Waals surface area (Å²) in [6.07, 6.45) is 4.37. The van der Waals surface area contributed by atoms with Crippen LogP contribution in [0.15, 0.2) is 18.2 Å². The van der Waals surface area contributed by atoms with Crippen LogP contribution in [0.5, 0.6) is 0 Å². The molecule has 2 heterocycles. The second-order valence-electron chi connectivity index (χ2n) is 8.71. The summed E-state index contributed by atoms with van der Waals surface area (Å²) in [6, 6.07) is 6.03. The molecule has 3 aromatic rings. The van der Waals surface area contributed by atoms with E-state index in [2.05, 4.69) is 13.0 Å². The first kappa shape index (κ1) is 20.7. The van der Waals surface area contributed by atoms with Gasteiger partial charge in [0.1, 0.15) is 22.2 Å². The number of hydrogen-bond donors (Lipinski definition) is 0. The van der Waals surface area contributed by atoms with Gasteiger partial charge < -0.3 is 0 Å². The molecule has 0 saturated heterocycles. The smallest absolute Gasteiger partial charge is 0.144 e. The molecule has 0 atom stereocenters. The van der Waals surface area contributed by atoms with Crippen molar-refractivity contribution in [2.45, 2.75) is 59.8 Å². The summed E-state index contributed by atoms with van der Waals surface area (Å²) in [5, 5.41) is 2.79. The summed E-state index contributed by atoms with van der Waals surface area (Å²) in [5.41, 5.74) is 4.15. The molecule has 1 aliphatic rings. The summed E-state index contributed by atoms with van der Waals surface area (Å²) in [4.78, 5) is 24.9. The Balaban J connectivity index is 1.65. The van der Waals surface area contributed by atoms with E-state index in [0.717, 1.165) is 52.1 Å². The number of aryl methyl sites for hydroxylation is 3. The number of thiazole rings is 2. The van der Waals surface area contributed by atoms with Crippen LogP contribution in [0.25, 0.3) is 11.4 Å². The fraction of sp³-hybridized carbons (Fsp3) is 0.435. The molecule has 0 saturated carbocycles. The average Bonchev–Trinajstić information content (AvgIpc) is 3.18. The summed E-state index contributed by atoms with van der Waals surface area (Å²) < 4.78 is 0. The first-order valence-electron chi connectivity index (χ1n) is 9.96. The van der Waals surface area contributed by atoms with E-state index in [9.17, 15) is 4.79 Å². The third-order valence-electron chi connectivity index (χ3n) is 5.32. The highest BCUT2D eigenvalue weighted by atomic mass is 35.5. The zero-order valence-corrected chi connectivity index (χ0v) is 19.7. The monoisotopic (exact) mass is 444 g/mol. The predicted octanol–water partition coefficient (Wildman–Crippen LogP) is 6.47. The zero-order valence-electron chi connectivity index (χ0n) is 17.3. The van der Waals surface area contributed by atoms with Crippen molar-refractivity contribution in [3.63, 3.8) is 0 Å². The second-order valence-corrected chi connectivity index (χ2v) is 11.5. The molecule has 0 unspecified atom stereocenters. The third-order valence-corrected chi connectivity index (χ3v) is 7.78. The Morgan fingerprint density at radius 3 is 2.34 bits per heavy atom. The quantitative estimate of drug-likeness (QED) is 0.463. The Morgan fingerprint density at radius 2 is 1.69 bits per heavy atom. The average molecular weight is 445 g/mol. The van der Waals surface area contributed by atoms with E-state index in [1.54, 1.807) is 22.7 Å². The van der Waals surface area contributed by atoms with Gasteiger partial charge in [-0.05, 0) is 49.4 Å². The van der Waals surface area contributed by atoms with Crippen molar-refractivity contribution in [1.82, 2.24) is 9.97 Å². The lowest BCUT2D eigenvalue weighted by Crippen LogP contribution is -2.21. The Morgan fingerprint density at radius 1 is 1.07 bits per heavy atom. The van der Waals surface area contributed by atoms with Gasteiger partial charge in [0.25, 0.3) is 0 Å². The van der Waals surface area contributed by atoms with Crippen LogP contribution in [0, 0.1) is 12.3 Å². The van der Waals surface area contributed by atoms with Gasteiger partial charge in [-0.1, -0.05) is 38.4 Å². The molecule has 0 bridgehead atoms. The number of rotatable bonds is 4. The molecule has 29 heavy (non-hydrogen) atoms. The highest BCUT2D eigenvalue weighted by Crippen LogP contribution is 2.38. The highest BCUT2D eigenvalue weighted by Gasteiger charge is 2.27. The van der Waals surface area contributed by atoms with E-state index in [1.807, 2.05) is 32.9 Å². The van der Waals surface area contributed by atoms with Gasteiger partial charge in [0.2, 0.25) is 0 Å². The van der Waals surface area contributed by atoms with Crippen LogP contribution in [0.3, 0.4) is 0 Å². The highest BCUT2D eigenvalue weighted by molar-refractivity contribution is 7.13. The molecule has 2 aromatic heterocycles.